The van der Waals surface area contributed by atoms with E-state index in [4.69, 9.17) is 15.3 Å². The van der Waals surface area contributed by atoms with E-state index in [1.165, 1.54) is 0 Å². The standard InChI is InChI=1S/C12H19N3O/c1-12(2,10-14)4-3-5-15-6-7-16-11(8-13)9-15/h11H,3-7,9H2,1-2H3. The summed E-state index contributed by atoms with van der Waals surface area (Å²) < 4.78 is 5.27. The second kappa shape index (κ2) is 5.84. The molecule has 0 radical (unpaired) electrons. The number of ether oxygens (including phenoxy) is 1. The van der Waals surface area contributed by atoms with Crippen molar-refractivity contribution in [1.82, 2.24) is 4.90 Å². The molecule has 88 valence electrons. The van der Waals surface area contributed by atoms with Gasteiger partial charge in [0.25, 0.3) is 0 Å². The quantitative estimate of drug-likeness (QED) is 0.722. The third-order valence-electron chi connectivity index (χ3n) is 2.87. The summed E-state index contributed by atoms with van der Waals surface area (Å²) in [5.41, 5.74) is -0.235. The van der Waals surface area contributed by atoms with Crippen LogP contribution < -0.4 is 0 Å². The highest BCUT2D eigenvalue weighted by Crippen LogP contribution is 2.21. The molecule has 1 unspecified atom stereocenters. The molecular formula is C12H19N3O. The normalized spacial score (nSPS) is 22.4. The van der Waals surface area contributed by atoms with E-state index in [1.54, 1.807) is 0 Å². The highest BCUT2D eigenvalue weighted by Gasteiger charge is 2.21. The maximum absolute atomic E-state index is 8.88. The average Bonchev–Trinajstić information content (AvgIpc) is 2.29. The van der Waals surface area contributed by atoms with E-state index in [0.717, 1.165) is 25.9 Å². The molecule has 4 nitrogen and oxygen atoms in total. The molecular weight excluding hydrogens is 202 g/mol. The number of nitriles is 2. The number of hydrogen-bond donors (Lipinski definition) is 0. The first-order valence-corrected chi connectivity index (χ1v) is 5.72. The third kappa shape index (κ3) is 4.18. The van der Waals surface area contributed by atoms with Crippen LogP contribution in [0.3, 0.4) is 0 Å². The Morgan fingerprint density at radius 1 is 1.44 bits per heavy atom. The van der Waals surface area contributed by atoms with Gasteiger partial charge in [0.2, 0.25) is 0 Å². The minimum atomic E-state index is -0.280. The molecule has 0 N–H and O–H groups in total. The van der Waals surface area contributed by atoms with Crippen LogP contribution in [0.5, 0.6) is 0 Å². The van der Waals surface area contributed by atoms with E-state index < -0.39 is 0 Å². The molecule has 16 heavy (non-hydrogen) atoms. The molecule has 1 fully saturated rings. The lowest BCUT2D eigenvalue weighted by atomic mass is 9.90. The van der Waals surface area contributed by atoms with Crippen molar-refractivity contribution in [3.63, 3.8) is 0 Å². The van der Waals surface area contributed by atoms with Crippen molar-refractivity contribution in [2.75, 3.05) is 26.2 Å². The van der Waals surface area contributed by atoms with Crippen molar-refractivity contribution in [2.24, 2.45) is 5.41 Å². The molecule has 1 aliphatic rings. The molecule has 0 aromatic carbocycles. The molecule has 1 atom stereocenters. The Balaban J connectivity index is 2.24. The fourth-order valence-electron chi connectivity index (χ4n) is 1.78. The van der Waals surface area contributed by atoms with Crippen molar-refractivity contribution < 1.29 is 4.74 Å². The monoisotopic (exact) mass is 221 g/mol. The van der Waals surface area contributed by atoms with Gasteiger partial charge < -0.3 is 4.74 Å². The van der Waals surface area contributed by atoms with Gasteiger partial charge in [0.05, 0.1) is 24.2 Å². The van der Waals surface area contributed by atoms with Gasteiger partial charge in [-0.1, -0.05) is 0 Å². The van der Waals surface area contributed by atoms with E-state index in [0.29, 0.717) is 13.2 Å². The van der Waals surface area contributed by atoms with Gasteiger partial charge in [0, 0.05) is 13.1 Å². The molecule has 4 heteroatoms. The molecule has 1 heterocycles. The van der Waals surface area contributed by atoms with Gasteiger partial charge in [-0.05, 0) is 33.2 Å². The number of hydrogen-bond acceptors (Lipinski definition) is 4. The first kappa shape index (κ1) is 13.0. The SMILES string of the molecule is CC(C)(C#N)CCCN1CCOC(C#N)C1. The average molecular weight is 221 g/mol. The fourth-order valence-corrected chi connectivity index (χ4v) is 1.78. The van der Waals surface area contributed by atoms with Crippen molar-refractivity contribution in [3.8, 4) is 12.1 Å². The molecule has 0 saturated carbocycles. The lowest BCUT2D eigenvalue weighted by Crippen LogP contribution is -2.42. The van der Waals surface area contributed by atoms with Crippen LogP contribution in [0.25, 0.3) is 0 Å². The summed E-state index contributed by atoms with van der Waals surface area (Å²) in [6, 6.07) is 4.44. The molecule has 0 spiro atoms. The lowest BCUT2D eigenvalue weighted by molar-refractivity contribution is -0.000438. The Morgan fingerprint density at radius 2 is 2.19 bits per heavy atom. The van der Waals surface area contributed by atoms with E-state index in [2.05, 4.69) is 17.0 Å². The highest BCUT2D eigenvalue weighted by atomic mass is 16.5. The van der Waals surface area contributed by atoms with E-state index in [1.807, 2.05) is 13.8 Å². The summed E-state index contributed by atoms with van der Waals surface area (Å²) in [6.07, 6.45) is 1.62. The van der Waals surface area contributed by atoms with Gasteiger partial charge in [-0.25, -0.2) is 0 Å². The fraction of sp³-hybridized carbons (Fsp3) is 0.833. The van der Waals surface area contributed by atoms with E-state index >= 15 is 0 Å². The lowest BCUT2D eigenvalue weighted by Gasteiger charge is -2.30. The number of rotatable bonds is 4. The third-order valence-corrected chi connectivity index (χ3v) is 2.87. The van der Waals surface area contributed by atoms with Crippen LogP contribution in [-0.2, 0) is 4.74 Å². The number of nitrogens with zero attached hydrogens (tertiary/aromatic N) is 3. The van der Waals surface area contributed by atoms with Crippen LogP contribution in [0.1, 0.15) is 26.7 Å². The van der Waals surface area contributed by atoms with Gasteiger partial charge >= 0.3 is 0 Å². The summed E-state index contributed by atoms with van der Waals surface area (Å²) >= 11 is 0. The Hall–Kier alpha value is -1.10. The van der Waals surface area contributed by atoms with Crippen LogP contribution >= 0.6 is 0 Å². The molecule has 0 bridgehead atoms. The van der Waals surface area contributed by atoms with Crippen molar-refractivity contribution in [1.29, 1.82) is 10.5 Å². The van der Waals surface area contributed by atoms with Gasteiger partial charge in [0.15, 0.2) is 6.10 Å². The van der Waals surface area contributed by atoms with Crippen molar-refractivity contribution >= 4 is 0 Å². The van der Waals surface area contributed by atoms with Crippen LogP contribution in [0.2, 0.25) is 0 Å². The molecule has 1 rings (SSSR count). The molecule has 0 aliphatic carbocycles. The second-order valence-corrected chi connectivity index (χ2v) is 4.89. The van der Waals surface area contributed by atoms with Crippen molar-refractivity contribution in [3.05, 3.63) is 0 Å². The first-order chi connectivity index (χ1) is 7.57. The summed E-state index contributed by atoms with van der Waals surface area (Å²) in [4.78, 5) is 2.24. The minimum absolute atomic E-state index is 0.235. The summed E-state index contributed by atoms with van der Waals surface area (Å²) in [5, 5.41) is 17.6. The molecule has 1 aliphatic heterocycles. The Kier molecular flexibility index (Phi) is 4.73. The number of morpholine rings is 1. The molecule has 0 amide bonds. The van der Waals surface area contributed by atoms with Gasteiger partial charge in [0.1, 0.15) is 0 Å². The van der Waals surface area contributed by atoms with E-state index in [-0.39, 0.29) is 11.5 Å². The maximum Gasteiger partial charge on any atom is 0.156 e. The second-order valence-electron chi connectivity index (χ2n) is 4.89. The van der Waals surface area contributed by atoms with Crippen LogP contribution in [0.4, 0.5) is 0 Å². The maximum atomic E-state index is 8.88. The zero-order valence-electron chi connectivity index (χ0n) is 10.1. The summed E-state index contributed by atoms with van der Waals surface area (Å²) in [7, 11) is 0. The first-order valence-electron chi connectivity index (χ1n) is 5.72. The highest BCUT2D eigenvalue weighted by molar-refractivity contribution is 4.92. The zero-order chi connectivity index (χ0) is 12.0. The zero-order valence-corrected chi connectivity index (χ0v) is 10.1. The van der Waals surface area contributed by atoms with Gasteiger partial charge in [-0.3, -0.25) is 4.90 Å². The molecule has 0 aromatic heterocycles. The molecule has 0 aromatic rings. The van der Waals surface area contributed by atoms with Gasteiger partial charge in [-0.15, -0.1) is 0 Å². The predicted octanol–water partition coefficient (Wildman–Crippen LogP) is 1.54. The van der Waals surface area contributed by atoms with Crippen LogP contribution in [-0.4, -0.2) is 37.2 Å². The van der Waals surface area contributed by atoms with Crippen LogP contribution in [0, 0.1) is 28.1 Å². The summed E-state index contributed by atoms with van der Waals surface area (Å²) in [5.74, 6) is 0. The Bertz CT molecular complexity index is 300. The van der Waals surface area contributed by atoms with Crippen molar-refractivity contribution in [2.45, 2.75) is 32.8 Å². The predicted molar refractivity (Wildman–Crippen MR) is 60.4 cm³/mol. The topological polar surface area (TPSA) is 60.1 Å². The minimum Gasteiger partial charge on any atom is -0.361 e. The van der Waals surface area contributed by atoms with Crippen LogP contribution in [0.15, 0.2) is 0 Å². The summed E-state index contributed by atoms with van der Waals surface area (Å²) in [6.45, 7) is 7.11. The Labute approximate surface area is 97.4 Å². The van der Waals surface area contributed by atoms with Gasteiger partial charge in [-0.2, -0.15) is 10.5 Å². The molecule has 1 saturated heterocycles. The Morgan fingerprint density at radius 3 is 2.81 bits per heavy atom. The largest absolute Gasteiger partial charge is 0.361 e. The van der Waals surface area contributed by atoms with E-state index in [9.17, 15) is 0 Å². The smallest absolute Gasteiger partial charge is 0.156 e.